The van der Waals surface area contributed by atoms with Gasteiger partial charge in [0.15, 0.2) is 6.10 Å². The zero-order chi connectivity index (χ0) is 16.9. The molecule has 2 aromatic rings. The molecule has 1 unspecified atom stereocenters. The Labute approximate surface area is 138 Å². The highest BCUT2D eigenvalue weighted by molar-refractivity contribution is 5.75. The lowest BCUT2D eigenvalue weighted by molar-refractivity contribution is -0.162. The lowest BCUT2D eigenvalue weighted by atomic mass is 10.1. The lowest BCUT2D eigenvalue weighted by Crippen LogP contribution is -2.33. The van der Waals surface area contributed by atoms with E-state index >= 15 is 0 Å². The minimum absolute atomic E-state index is 0.356. The Morgan fingerprint density at radius 1 is 0.957 bits per heavy atom. The first-order valence-electron chi connectivity index (χ1n) is 7.86. The van der Waals surface area contributed by atoms with Crippen LogP contribution < -0.4 is 4.74 Å². The van der Waals surface area contributed by atoms with Crippen LogP contribution in [0.1, 0.15) is 38.8 Å². The molecule has 0 aliphatic carbocycles. The van der Waals surface area contributed by atoms with Crippen molar-refractivity contribution < 1.29 is 14.3 Å². The Kier molecular flexibility index (Phi) is 5.43. The van der Waals surface area contributed by atoms with Crippen molar-refractivity contribution in [2.24, 2.45) is 0 Å². The van der Waals surface area contributed by atoms with Gasteiger partial charge in [-0.2, -0.15) is 0 Å². The Balaban J connectivity index is 1.93. The van der Waals surface area contributed by atoms with Gasteiger partial charge in [-0.25, -0.2) is 4.79 Å². The fourth-order valence-electron chi connectivity index (χ4n) is 2.15. The van der Waals surface area contributed by atoms with E-state index in [1.807, 2.05) is 63.2 Å². The number of esters is 1. The SMILES string of the molecule is CC(Oc1ccc(Cc2ccccc2)cc1)C(=O)OC(C)(C)C. The maximum Gasteiger partial charge on any atom is 0.347 e. The second kappa shape index (κ2) is 7.32. The van der Waals surface area contributed by atoms with Crippen LogP contribution >= 0.6 is 0 Å². The molecule has 2 aromatic carbocycles. The molecule has 0 saturated carbocycles. The van der Waals surface area contributed by atoms with E-state index in [2.05, 4.69) is 12.1 Å². The van der Waals surface area contributed by atoms with Crippen LogP contribution in [0.3, 0.4) is 0 Å². The number of hydrogen-bond donors (Lipinski definition) is 0. The number of ether oxygens (including phenoxy) is 2. The number of benzene rings is 2. The van der Waals surface area contributed by atoms with E-state index in [0.717, 1.165) is 6.42 Å². The molecule has 0 spiro atoms. The summed E-state index contributed by atoms with van der Waals surface area (Å²) in [5.74, 6) is 0.311. The van der Waals surface area contributed by atoms with Crippen molar-refractivity contribution in [1.29, 1.82) is 0 Å². The van der Waals surface area contributed by atoms with E-state index in [1.54, 1.807) is 6.92 Å². The third-order valence-corrected chi connectivity index (χ3v) is 3.23. The van der Waals surface area contributed by atoms with Gasteiger partial charge < -0.3 is 9.47 Å². The van der Waals surface area contributed by atoms with E-state index in [9.17, 15) is 4.79 Å². The van der Waals surface area contributed by atoms with Gasteiger partial charge in [0.1, 0.15) is 11.4 Å². The molecule has 0 aliphatic heterocycles. The number of hydrogen-bond acceptors (Lipinski definition) is 3. The lowest BCUT2D eigenvalue weighted by Gasteiger charge is -2.22. The van der Waals surface area contributed by atoms with Gasteiger partial charge in [0.05, 0.1) is 0 Å². The van der Waals surface area contributed by atoms with Gasteiger partial charge in [0.2, 0.25) is 0 Å². The average molecular weight is 312 g/mol. The van der Waals surface area contributed by atoms with Crippen molar-refractivity contribution in [1.82, 2.24) is 0 Å². The first-order chi connectivity index (χ1) is 10.8. The van der Waals surface area contributed by atoms with Crippen LogP contribution in [0.25, 0.3) is 0 Å². The largest absolute Gasteiger partial charge is 0.479 e. The topological polar surface area (TPSA) is 35.5 Å². The minimum Gasteiger partial charge on any atom is -0.479 e. The Bertz CT molecular complexity index is 624. The van der Waals surface area contributed by atoms with Crippen LogP contribution in [-0.2, 0) is 16.0 Å². The summed E-state index contributed by atoms with van der Waals surface area (Å²) in [6.07, 6.45) is 0.247. The maximum absolute atomic E-state index is 11.9. The van der Waals surface area contributed by atoms with E-state index < -0.39 is 11.7 Å². The maximum atomic E-state index is 11.9. The van der Waals surface area contributed by atoms with Gasteiger partial charge in [-0.15, -0.1) is 0 Å². The molecule has 2 rings (SSSR count). The molecule has 0 fully saturated rings. The van der Waals surface area contributed by atoms with Gasteiger partial charge in [-0.3, -0.25) is 0 Å². The number of carbonyl (C=O) groups is 1. The molecular weight excluding hydrogens is 288 g/mol. The summed E-state index contributed by atoms with van der Waals surface area (Å²) in [5, 5.41) is 0. The van der Waals surface area contributed by atoms with Crippen LogP contribution in [0.15, 0.2) is 54.6 Å². The van der Waals surface area contributed by atoms with Crippen molar-refractivity contribution in [3.63, 3.8) is 0 Å². The molecule has 0 radical (unpaired) electrons. The third kappa shape index (κ3) is 5.78. The second-order valence-corrected chi connectivity index (χ2v) is 6.60. The molecule has 0 aromatic heterocycles. The normalized spacial score (nSPS) is 12.5. The highest BCUT2D eigenvalue weighted by Gasteiger charge is 2.22. The molecule has 0 bridgehead atoms. The van der Waals surface area contributed by atoms with Gasteiger partial charge >= 0.3 is 5.97 Å². The highest BCUT2D eigenvalue weighted by atomic mass is 16.6. The van der Waals surface area contributed by atoms with Gasteiger partial charge in [-0.1, -0.05) is 42.5 Å². The number of carbonyl (C=O) groups excluding carboxylic acids is 1. The van der Waals surface area contributed by atoms with Gasteiger partial charge in [0.25, 0.3) is 0 Å². The molecule has 1 atom stereocenters. The van der Waals surface area contributed by atoms with Crippen LogP contribution in [0, 0.1) is 0 Å². The molecule has 0 aliphatic rings. The zero-order valence-corrected chi connectivity index (χ0v) is 14.2. The van der Waals surface area contributed by atoms with Crippen LogP contribution in [0.5, 0.6) is 5.75 Å². The summed E-state index contributed by atoms with van der Waals surface area (Å²) in [4.78, 5) is 11.9. The van der Waals surface area contributed by atoms with Crippen molar-refractivity contribution in [3.8, 4) is 5.75 Å². The van der Waals surface area contributed by atoms with E-state index in [0.29, 0.717) is 5.75 Å². The molecule has 23 heavy (non-hydrogen) atoms. The Morgan fingerprint density at radius 2 is 1.52 bits per heavy atom. The van der Waals surface area contributed by atoms with Crippen LogP contribution in [0.4, 0.5) is 0 Å². The van der Waals surface area contributed by atoms with Crippen molar-refractivity contribution in [3.05, 3.63) is 65.7 Å². The van der Waals surface area contributed by atoms with Crippen molar-refractivity contribution >= 4 is 5.97 Å². The molecule has 0 heterocycles. The quantitative estimate of drug-likeness (QED) is 0.768. The van der Waals surface area contributed by atoms with Crippen molar-refractivity contribution in [2.75, 3.05) is 0 Å². The fraction of sp³-hybridized carbons (Fsp3) is 0.350. The summed E-state index contributed by atoms with van der Waals surface area (Å²) in [7, 11) is 0. The van der Waals surface area contributed by atoms with Crippen LogP contribution in [0.2, 0.25) is 0 Å². The van der Waals surface area contributed by atoms with E-state index in [-0.39, 0.29) is 5.97 Å². The fourth-order valence-corrected chi connectivity index (χ4v) is 2.15. The van der Waals surface area contributed by atoms with Gasteiger partial charge in [-0.05, 0) is 57.4 Å². The van der Waals surface area contributed by atoms with Crippen LogP contribution in [-0.4, -0.2) is 17.7 Å². The Morgan fingerprint density at radius 3 is 2.09 bits per heavy atom. The standard InChI is InChI=1S/C20H24O3/c1-15(19(21)23-20(2,3)4)22-18-12-10-17(11-13-18)14-16-8-6-5-7-9-16/h5-13,15H,14H2,1-4H3. The predicted molar refractivity (Wildman–Crippen MR) is 91.6 cm³/mol. The highest BCUT2D eigenvalue weighted by Crippen LogP contribution is 2.18. The summed E-state index contributed by atoms with van der Waals surface area (Å²) in [6, 6.07) is 18.1. The third-order valence-electron chi connectivity index (χ3n) is 3.23. The first kappa shape index (κ1) is 17.1. The molecule has 0 saturated heterocycles. The summed E-state index contributed by atoms with van der Waals surface area (Å²) < 4.78 is 11.0. The Hall–Kier alpha value is -2.29. The summed E-state index contributed by atoms with van der Waals surface area (Å²) >= 11 is 0. The second-order valence-electron chi connectivity index (χ2n) is 6.60. The smallest absolute Gasteiger partial charge is 0.347 e. The molecular formula is C20H24O3. The monoisotopic (exact) mass is 312 g/mol. The van der Waals surface area contributed by atoms with E-state index in [1.165, 1.54) is 11.1 Å². The molecule has 0 N–H and O–H groups in total. The summed E-state index contributed by atoms with van der Waals surface area (Å²) in [6.45, 7) is 7.23. The summed E-state index contributed by atoms with van der Waals surface area (Å²) in [5.41, 5.74) is 1.96. The minimum atomic E-state index is -0.630. The first-order valence-corrected chi connectivity index (χ1v) is 7.86. The van der Waals surface area contributed by atoms with Gasteiger partial charge in [0, 0.05) is 0 Å². The molecule has 3 nitrogen and oxygen atoms in total. The molecule has 122 valence electrons. The number of rotatable bonds is 5. The van der Waals surface area contributed by atoms with E-state index in [4.69, 9.17) is 9.47 Å². The van der Waals surface area contributed by atoms with Crippen molar-refractivity contribution in [2.45, 2.75) is 45.8 Å². The predicted octanol–water partition coefficient (Wildman–Crippen LogP) is 4.39. The molecule has 0 amide bonds. The zero-order valence-electron chi connectivity index (χ0n) is 14.2. The molecule has 3 heteroatoms. The average Bonchev–Trinajstić information content (AvgIpc) is 2.48.